The maximum absolute atomic E-state index is 13.4. The minimum Gasteiger partial charge on any atom is -0.461 e. The molecule has 33 heavy (non-hydrogen) atoms. The number of para-hydroxylation sites is 1. The van der Waals surface area contributed by atoms with Crippen LogP contribution >= 0.6 is 0 Å². The summed E-state index contributed by atoms with van der Waals surface area (Å²) in [7, 11) is -3.82. The second-order valence-corrected chi connectivity index (χ2v) is 11.5. The molecule has 1 aliphatic rings. The van der Waals surface area contributed by atoms with Crippen LogP contribution in [0.4, 0.5) is 5.69 Å². The smallest absolute Gasteiger partial charge is 0.264 e. The second kappa shape index (κ2) is 7.87. The van der Waals surface area contributed by atoms with Gasteiger partial charge in [0.05, 0.1) is 11.2 Å². The quantitative estimate of drug-likeness (QED) is 0.361. The molecule has 0 amide bonds. The molecule has 4 aromatic rings. The highest BCUT2D eigenvalue weighted by Crippen LogP contribution is 2.43. The highest BCUT2D eigenvalue weighted by atomic mass is 32.2. The van der Waals surface area contributed by atoms with Gasteiger partial charge < -0.3 is 4.42 Å². The molecule has 172 valence electrons. The Morgan fingerprint density at radius 2 is 1.97 bits per heavy atom. The summed E-state index contributed by atoms with van der Waals surface area (Å²) in [5.74, 6) is 1.63. The van der Waals surface area contributed by atoms with Gasteiger partial charge in [-0.3, -0.25) is 9.71 Å². The van der Waals surface area contributed by atoms with E-state index < -0.39 is 10.0 Å². The van der Waals surface area contributed by atoms with Gasteiger partial charge in [-0.15, -0.1) is 0 Å². The van der Waals surface area contributed by atoms with Crippen LogP contribution in [0.5, 0.6) is 0 Å². The minimum absolute atomic E-state index is 0.180. The number of anilines is 1. The molecule has 0 saturated heterocycles. The number of furan rings is 1. The van der Waals surface area contributed by atoms with E-state index in [9.17, 15) is 8.42 Å². The normalized spacial score (nSPS) is 16.8. The van der Waals surface area contributed by atoms with E-state index in [-0.39, 0.29) is 10.3 Å². The summed E-state index contributed by atoms with van der Waals surface area (Å²) in [5, 5.41) is 1.81. The van der Waals surface area contributed by atoms with Gasteiger partial charge in [-0.2, -0.15) is 0 Å². The molecule has 0 saturated carbocycles. The lowest BCUT2D eigenvalue weighted by atomic mass is 9.69. The van der Waals surface area contributed by atoms with E-state index >= 15 is 0 Å². The van der Waals surface area contributed by atoms with Crippen LogP contribution in [0, 0.1) is 18.3 Å². The zero-order chi connectivity index (χ0) is 23.4. The Balaban J connectivity index is 1.55. The number of aromatic nitrogens is 1. The van der Waals surface area contributed by atoms with E-state index in [0.717, 1.165) is 53.4 Å². The van der Waals surface area contributed by atoms with Gasteiger partial charge in [-0.25, -0.2) is 8.42 Å². The molecular formula is C27H30N2O3S. The fraction of sp³-hybridized carbons (Fsp3) is 0.370. The molecular weight excluding hydrogens is 432 g/mol. The minimum atomic E-state index is -3.82. The summed E-state index contributed by atoms with van der Waals surface area (Å²) >= 11 is 0. The second-order valence-electron chi connectivity index (χ2n) is 9.89. The van der Waals surface area contributed by atoms with E-state index in [4.69, 9.17) is 4.42 Å². The van der Waals surface area contributed by atoms with Crippen molar-refractivity contribution in [2.24, 2.45) is 11.3 Å². The highest BCUT2D eigenvalue weighted by molar-refractivity contribution is 7.93. The lowest BCUT2D eigenvalue weighted by Gasteiger charge is -2.36. The van der Waals surface area contributed by atoms with Crippen molar-refractivity contribution in [2.75, 3.05) is 4.72 Å². The number of pyridine rings is 1. The van der Waals surface area contributed by atoms with E-state index in [2.05, 4.69) is 30.5 Å². The van der Waals surface area contributed by atoms with Gasteiger partial charge in [-0.05, 0) is 60.9 Å². The fourth-order valence-corrected chi connectivity index (χ4v) is 6.29. The maximum Gasteiger partial charge on any atom is 0.264 e. The summed E-state index contributed by atoms with van der Waals surface area (Å²) in [5.41, 5.74) is 4.21. The maximum atomic E-state index is 13.4. The molecule has 1 atom stereocenters. The van der Waals surface area contributed by atoms with Gasteiger partial charge in [0.1, 0.15) is 16.2 Å². The SMILES string of the molecule is CCC(C)(C)C1CCc2oc3cc(C)c(NS(=O)(=O)c4cccc5cccnc45)cc3c2C1. The topological polar surface area (TPSA) is 72.2 Å². The number of nitrogens with zero attached hydrogens (tertiary/aromatic N) is 1. The summed E-state index contributed by atoms with van der Waals surface area (Å²) in [6.07, 6.45) is 5.77. The van der Waals surface area contributed by atoms with Crippen molar-refractivity contribution >= 4 is 37.6 Å². The third-order valence-electron chi connectivity index (χ3n) is 7.54. The molecule has 6 heteroatoms. The average Bonchev–Trinajstić information content (AvgIpc) is 3.15. The largest absolute Gasteiger partial charge is 0.461 e. The Bertz CT molecular complexity index is 1460. The lowest BCUT2D eigenvalue weighted by Crippen LogP contribution is -2.28. The highest BCUT2D eigenvalue weighted by Gasteiger charge is 2.33. The van der Waals surface area contributed by atoms with Crippen LogP contribution < -0.4 is 4.72 Å². The fourth-order valence-electron chi connectivity index (χ4n) is 4.98. The van der Waals surface area contributed by atoms with Crippen molar-refractivity contribution in [1.82, 2.24) is 4.98 Å². The zero-order valence-corrected chi connectivity index (χ0v) is 20.4. The predicted octanol–water partition coefficient (Wildman–Crippen LogP) is 6.63. The lowest BCUT2D eigenvalue weighted by molar-refractivity contribution is 0.179. The molecule has 0 radical (unpaired) electrons. The van der Waals surface area contributed by atoms with Gasteiger partial charge in [-0.1, -0.05) is 45.4 Å². The number of hydrogen-bond donors (Lipinski definition) is 1. The number of aryl methyl sites for hydroxylation is 2. The monoisotopic (exact) mass is 462 g/mol. The van der Waals surface area contributed by atoms with Crippen molar-refractivity contribution in [3.05, 3.63) is 65.5 Å². The van der Waals surface area contributed by atoms with Crippen molar-refractivity contribution in [3.63, 3.8) is 0 Å². The summed E-state index contributed by atoms with van der Waals surface area (Å²) < 4.78 is 35.8. The molecule has 2 aromatic carbocycles. The van der Waals surface area contributed by atoms with Gasteiger partial charge in [0.25, 0.3) is 10.0 Å². The zero-order valence-electron chi connectivity index (χ0n) is 19.6. The summed E-state index contributed by atoms with van der Waals surface area (Å²) in [4.78, 5) is 4.50. The van der Waals surface area contributed by atoms with Crippen LogP contribution in [0.1, 0.15) is 50.5 Å². The summed E-state index contributed by atoms with van der Waals surface area (Å²) in [6.45, 7) is 8.84. The average molecular weight is 463 g/mol. The van der Waals surface area contributed by atoms with Crippen LogP contribution in [0.3, 0.4) is 0 Å². The Morgan fingerprint density at radius 1 is 1.18 bits per heavy atom. The molecule has 2 heterocycles. The number of sulfonamides is 1. The van der Waals surface area contributed by atoms with Gasteiger partial charge in [0.2, 0.25) is 0 Å². The predicted molar refractivity (Wildman–Crippen MR) is 133 cm³/mol. The van der Waals surface area contributed by atoms with Crippen LogP contribution in [-0.4, -0.2) is 13.4 Å². The third-order valence-corrected chi connectivity index (χ3v) is 8.93. The molecule has 0 aliphatic heterocycles. The van der Waals surface area contributed by atoms with Crippen LogP contribution in [0.25, 0.3) is 21.9 Å². The van der Waals surface area contributed by atoms with Crippen molar-refractivity contribution < 1.29 is 12.8 Å². The molecule has 1 aliphatic carbocycles. The molecule has 2 aromatic heterocycles. The van der Waals surface area contributed by atoms with E-state index in [1.165, 1.54) is 5.56 Å². The first kappa shape index (κ1) is 22.0. The number of rotatable bonds is 5. The van der Waals surface area contributed by atoms with Gasteiger partial charge in [0.15, 0.2) is 0 Å². The first-order chi connectivity index (χ1) is 15.7. The van der Waals surface area contributed by atoms with E-state index in [0.29, 0.717) is 17.1 Å². The van der Waals surface area contributed by atoms with Crippen LogP contribution in [-0.2, 0) is 22.9 Å². The third kappa shape index (κ3) is 3.80. The molecule has 5 nitrogen and oxygen atoms in total. The van der Waals surface area contributed by atoms with Crippen LogP contribution in [0.15, 0.2) is 58.0 Å². The van der Waals surface area contributed by atoms with Gasteiger partial charge in [0, 0.05) is 29.0 Å². The first-order valence-electron chi connectivity index (χ1n) is 11.6. The Labute approximate surface area is 195 Å². The standard InChI is InChI=1S/C27H30N2O3S/c1-5-27(3,4)19-11-12-23-20(15-19)21-16-22(17(2)14-24(21)32-23)29-33(30,31)25-10-6-8-18-9-7-13-28-26(18)25/h6-10,13-14,16,19,29H,5,11-12,15H2,1-4H3. The van der Waals surface area contributed by atoms with Crippen LogP contribution in [0.2, 0.25) is 0 Å². The Morgan fingerprint density at radius 3 is 2.76 bits per heavy atom. The van der Waals surface area contributed by atoms with Crippen molar-refractivity contribution in [1.29, 1.82) is 0 Å². The van der Waals surface area contributed by atoms with Gasteiger partial charge >= 0.3 is 0 Å². The van der Waals surface area contributed by atoms with Crippen molar-refractivity contribution in [3.8, 4) is 0 Å². The number of fused-ring (bicyclic) bond motifs is 4. The number of nitrogens with one attached hydrogen (secondary N) is 1. The molecule has 0 bridgehead atoms. The Kier molecular flexibility index (Phi) is 5.24. The van der Waals surface area contributed by atoms with E-state index in [1.54, 1.807) is 24.4 Å². The molecule has 5 rings (SSSR count). The van der Waals surface area contributed by atoms with Crippen molar-refractivity contribution in [2.45, 2.75) is 58.3 Å². The van der Waals surface area contributed by atoms with E-state index in [1.807, 2.05) is 31.2 Å². The number of benzene rings is 2. The molecule has 0 spiro atoms. The first-order valence-corrected chi connectivity index (χ1v) is 13.1. The Hall–Kier alpha value is -2.86. The number of hydrogen-bond acceptors (Lipinski definition) is 4. The summed E-state index contributed by atoms with van der Waals surface area (Å²) in [6, 6.07) is 12.8. The molecule has 1 unspecified atom stereocenters. The molecule has 0 fully saturated rings. The molecule has 1 N–H and O–H groups in total.